The summed E-state index contributed by atoms with van der Waals surface area (Å²) in [5.41, 5.74) is 9.19. The Morgan fingerprint density at radius 2 is 2.12 bits per heavy atom. The molecule has 0 fully saturated rings. The van der Waals surface area contributed by atoms with Crippen LogP contribution in [0.25, 0.3) is 0 Å². The fraction of sp³-hybridized carbons (Fsp3) is 0.429. The maximum atomic E-state index is 13.1. The summed E-state index contributed by atoms with van der Waals surface area (Å²) in [5, 5.41) is 0. The summed E-state index contributed by atoms with van der Waals surface area (Å²) in [4.78, 5) is 0. The van der Waals surface area contributed by atoms with Crippen LogP contribution in [-0.4, -0.2) is 0 Å². The Bertz CT molecular complexity index is 409. The molecule has 1 aromatic carbocycles. The van der Waals surface area contributed by atoms with E-state index in [9.17, 15) is 4.39 Å². The molecule has 1 unspecified atom stereocenters. The van der Waals surface area contributed by atoms with Gasteiger partial charge in [-0.3, -0.25) is 0 Å². The van der Waals surface area contributed by atoms with Crippen LogP contribution in [0, 0.1) is 12.7 Å². The molecular weight excluding hydrogens is 201 g/mol. The molecule has 0 bridgehead atoms. The number of halogens is 1. The smallest absolute Gasteiger partial charge is 0.126 e. The number of allylic oxidation sites excluding steroid dienone is 1. The van der Waals surface area contributed by atoms with Crippen LogP contribution < -0.4 is 5.73 Å². The first kappa shape index (κ1) is 11.3. The van der Waals surface area contributed by atoms with Crippen LogP contribution in [0.3, 0.4) is 0 Å². The second-order valence-electron chi connectivity index (χ2n) is 4.51. The van der Waals surface area contributed by atoms with Gasteiger partial charge < -0.3 is 5.73 Å². The molecule has 0 spiro atoms. The van der Waals surface area contributed by atoms with Crippen molar-refractivity contribution in [1.29, 1.82) is 0 Å². The quantitative estimate of drug-likeness (QED) is 0.755. The van der Waals surface area contributed by atoms with Gasteiger partial charge in [-0.1, -0.05) is 23.8 Å². The highest BCUT2D eigenvalue weighted by molar-refractivity contribution is 5.32. The molecule has 1 nitrogen and oxygen atoms in total. The lowest BCUT2D eigenvalue weighted by molar-refractivity contribution is 0.614. The normalized spacial score (nSPS) is 18.1. The average Bonchev–Trinajstić information content (AvgIpc) is 2.33. The second-order valence-corrected chi connectivity index (χ2v) is 4.51. The monoisotopic (exact) mass is 219 g/mol. The van der Waals surface area contributed by atoms with E-state index < -0.39 is 0 Å². The van der Waals surface area contributed by atoms with Crippen molar-refractivity contribution in [3.8, 4) is 0 Å². The van der Waals surface area contributed by atoms with Gasteiger partial charge in [0.25, 0.3) is 0 Å². The molecule has 0 amide bonds. The van der Waals surface area contributed by atoms with Gasteiger partial charge in [0.15, 0.2) is 0 Å². The van der Waals surface area contributed by atoms with Gasteiger partial charge in [-0.05, 0) is 49.8 Å². The van der Waals surface area contributed by atoms with Gasteiger partial charge in [0.2, 0.25) is 0 Å². The number of benzene rings is 1. The van der Waals surface area contributed by atoms with Crippen LogP contribution >= 0.6 is 0 Å². The van der Waals surface area contributed by atoms with Crippen molar-refractivity contribution in [1.82, 2.24) is 0 Å². The van der Waals surface area contributed by atoms with E-state index in [2.05, 4.69) is 6.08 Å². The maximum Gasteiger partial charge on any atom is 0.126 e. The van der Waals surface area contributed by atoms with Crippen LogP contribution in [0.1, 0.15) is 42.9 Å². The van der Waals surface area contributed by atoms with Gasteiger partial charge in [0.1, 0.15) is 5.82 Å². The van der Waals surface area contributed by atoms with Crippen molar-refractivity contribution < 1.29 is 4.39 Å². The third kappa shape index (κ3) is 2.33. The van der Waals surface area contributed by atoms with Gasteiger partial charge in [-0.2, -0.15) is 0 Å². The zero-order chi connectivity index (χ0) is 11.5. The lowest BCUT2D eigenvalue weighted by atomic mass is 9.90. The topological polar surface area (TPSA) is 26.0 Å². The third-order valence-electron chi connectivity index (χ3n) is 3.27. The van der Waals surface area contributed by atoms with Crippen LogP contribution in [0.2, 0.25) is 0 Å². The van der Waals surface area contributed by atoms with Crippen molar-refractivity contribution in [2.24, 2.45) is 5.73 Å². The molecule has 2 N–H and O–H groups in total. The number of hydrogen-bond acceptors (Lipinski definition) is 1. The number of nitrogens with two attached hydrogens (primary N) is 1. The largest absolute Gasteiger partial charge is 0.321 e. The molecule has 0 radical (unpaired) electrons. The van der Waals surface area contributed by atoms with Gasteiger partial charge >= 0.3 is 0 Å². The minimum atomic E-state index is -0.159. The highest BCUT2D eigenvalue weighted by Gasteiger charge is 2.14. The summed E-state index contributed by atoms with van der Waals surface area (Å²) >= 11 is 0. The fourth-order valence-corrected chi connectivity index (χ4v) is 2.22. The second kappa shape index (κ2) is 4.79. The van der Waals surface area contributed by atoms with Crippen LogP contribution in [-0.2, 0) is 0 Å². The Balaban J connectivity index is 2.22. The van der Waals surface area contributed by atoms with Crippen molar-refractivity contribution in [3.63, 3.8) is 0 Å². The minimum Gasteiger partial charge on any atom is -0.321 e. The highest BCUT2D eigenvalue weighted by atomic mass is 19.1. The third-order valence-corrected chi connectivity index (χ3v) is 3.27. The average molecular weight is 219 g/mol. The summed E-state index contributed by atoms with van der Waals surface area (Å²) in [5.74, 6) is -0.159. The van der Waals surface area contributed by atoms with Crippen molar-refractivity contribution in [2.75, 3.05) is 0 Å². The first-order valence-corrected chi connectivity index (χ1v) is 5.89. The molecule has 2 heteroatoms. The number of rotatable bonds is 2. The van der Waals surface area contributed by atoms with E-state index in [4.69, 9.17) is 5.73 Å². The minimum absolute atomic E-state index is 0.0559. The molecule has 0 aliphatic heterocycles. The predicted octanol–water partition coefficient (Wildman–Crippen LogP) is 3.63. The van der Waals surface area contributed by atoms with E-state index in [1.807, 2.05) is 6.07 Å². The summed E-state index contributed by atoms with van der Waals surface area (Å²) in [6.07, 6.45) is 6.94. The SMILES string of the molecule is Cc1cc(C(N)C2=CCCCC2)ccc1F. The fourth-order valence-electron chi connectivity index (χ4n) is 2.22. The molecule has 0 aromatic heterocycles. The molecule has 2 rings (SSSR count). The lowest BCUT2D eigenvalue weighted by Crippen LogP contribution is -2.15. The van der Waals surface area contributed by atoms with E-state index >= 15 is 0 Å². The molecule has 0 saturated heterocycles. The summed E-state index contributed by atoms with van der Waals surface area (Å²) in [6.45, 7) is 1.78. The summed E-state index contributed by atoms with van der Waals surface area (Å²) in [7, 11) is 0. The summed E-state index contributed by atoms with van der Waals surface area (Å²) in [6, 6.07) is 5.10. The highest BCUT2D eigenvalue weighted by Crippen LogP contribution is 2.28. The molecule has 0 heterocycles. The van der Waals surface area contributed by atoms with Crippen molar-refractivity contribution in [3.05, 3.63) is 46.8 Å². The zero-order valence-electron chi connectivity index (χ0n) is 9.67. The molecule has 86 valence electrons. The molecule has 1 aromatic rings. The van der Waals surface area contributed by atoms with Crippen LogP contribution in [0.4, 0.5) is 4.39 Å². The Kier molecular flexibility index (Phi) is 3.39. The molecule has 1 aliphatic carbocycles. The van der Waals surface area contributed by atoms with Crippen molar-refractivity contribution in [2.45, 2.75) is 38.6 Å². The standard InChI is InChI=1S/C14H18FN/c1-10-9-12(7-8-13(10)15)14(16)11-5-3-2-4-6-11/h5,7-9,14H,2-4,6,16H2,1H3. The van der Waals surface area contributed by atoms with E-state index in [1.54, 1.807) is 13.0 Å². The maximum absolute atomic E-state index is 13.1. The molecule has 16 heavy (non-hydrogen) atoms. The lowest BCUT2D eigenvalue weighted by Gasteiger charge is -2.20. The van der Waals surface area contributed by atoms with Crippen molar-refractivity contribution >= 4 is 0 Å². The van der Waals surface area contributed by atoms with E-state index in [0.29, 0.717) is 5.56 Å². The Morgan fingerprint density at radius 1 is 1.31 bits per heavy atom. The van der Waals surface area contributed by atoms with Gasteiger partial charge in [-0.15, -0.1) is 0 Å². The van der Waals surface area contributed by atoms with Crippen LogP contribution in [0.5, 0.6) is 0 Å². The van der Waals surface area contributed by atoms with E-state index in [1.165, 1.54) is 24.5 Å². The Morgan fingerprint density at radius 3 is 2.75 bits per heavy atom. The number of aryl methyl sites for hydroxylation is 1. The molecular formula is C14H18FN. The van der Waals surface area contributed by atoms with Gasteiger partial charge in [0.05, 0.1) is 6.04 Å². The molecule has 0 saturated carbocycles. The first-order valence-electron chi connectivity index (χ1n) is 5.89. The van der Waals surface area contributed by atoms with Gasteiger partial charge in [-0.25, -0.2) is 4.39 Å². The number of hydrogen-bond donors (Lipinski definition) is 1. The van der Waals surface area contributed by atoms with Gasteiger partial charge in [0, 0.05) is 0 Å². The predicted molar refractivity (Wildman–Crippen MR) is 64.6 cm³/mol. The zero-order valence-corrected chi connectivity index (χ0v) is 9.67. The van der Waals surface area contributed by atoms with E-state index in [0.717, 1.165) is 18.4 Å². The first-order chi connectivity index (χ1) is 7.68. The molecule has 1 aliphatic rings. The Hall–Kier alpha value is -1.15. The Labute approximate surface area is 96.2 Å². The van der Waals surface area contributed by atoms with Crippen LogP contribution in [0.15, 0.2) is 29.8 Å². The summed E-state index contributed by atoms with van der Waals surface area (Å²) < 4.78 is 13.1. The molecule has 1 atom stereocenters. The van der Waals surface area contributed by atoms with E-state index in [-0.39, 0.29) is 11.9 Å².